The molecule has 18 heavy (non-hydrogen) atoms. The second-order valence-electron chi connectivity index (χ2n) is 3.39. The average molecular weight is 273 g/mol. The maximum Gasteiger partial charge on any atom is 0.328 e. The fraction of sp³-hybridized carbons (Fsp3) is 0.556. The monoisotopic (exact) mass is 273 g/mol. The fourth-order valence-electron chi connectivity index (χ4n) is 1.26. The second-order valence-corrected chi connectivity index (χ2v) is 4.37. The SMILES string of the molecule is COC(=O)C(CCSC)NC(=O)c1n[nH]nc1N. The van der Waals surface area contributed by atoms with Crippen LogP contribution in [0, 0.1) is 0 Å². The summed E-state index contributed by atoms with van der Waals surface area (Å²) in [4.78, 5) is 23.3. The van der Waals surface area contributed by atoms with Gasteiger partial charge in [-0.1, -0.05) is 0 Å². The average Bonchev–Trinajstić information content (AvgIpc) is 2.79. The number of nitrogens with one attached hydrogen (secondary N) is 2. The van der Waals surface area contributed by atoms with E-state index in [2.05, 4.69) is 25.5 Å². The van der Waals surface area contributed by atoms with E-state index in [-0.39, 0.29) is 11.5 Å². The van der Waals surface area contributed by atoms with E-state index in [0.29, 0.717) is 12.2 Å². The smallest absolute Gasteiger partial charge is 0.328 e. The predicted octanol–water partition coefficient (Wildman–Crippen LogP) is -0.589. The number of nitrogens with two attached hydrogens (primary N) is 1. The largest absolute Gasteiger partial charge is 0.467 e. The fourth-order valence-corrected chi connectivity index (χ4v) is 1.73. The Hall–Kier alpha value is -1.77. The van der Waals surface area contributed by atoms with Crippen molar-refractivity contribution in [1.29, 1.82) is 0 Å². The quantitative estimate of drug-likeness (QED) is 0.592. The summed E-state index contributed by atoms with van der Waals surface area (Å²) in [6.45, 7) is 0. The number of nitrogen functional groups attached to an aromatic ring is 1. The summed E-state index contributed by atoms with van der Waals surface area (Å²) >= 11 is 1.57. The number of hydrogen-bond donors (Lipinski definition) is 3. The lowest BCUT2D eigenvalue weighted by Crippen LogP contribution is -2.42. The van der Waals surface area contributed by atoms with E-state index in [1.807, 2.05) is 6.26 Å². The van der Waals surface area contributed by atoms with Crippen LogP contribution in [0.25, 0.3) is 0 Å². The number of rotatable bonds is 6. The van der Waals surface area contributed by atoms with Crippen molar-refractivity contribution in [1.82, 2.24) is 20.7 Å². The Kier molecular flexibility index (Phi) is 5.43. The third kappa shape index (κ3) is 3.62. The van der Waals surface area contributed by atoms with E-state index < -0.39 is 17.9 Å². The Balaban J connectivity index is 2.68. The first-order chi connectivity index (χ1) is 8.60. The van der Waals surface area contributed by atoms with Gasteiger partial charge in [0.25, 0.3) is 5.91 Å². The van der Waals surface area contributed by atoms with Crippen LogP contribution in [0.1, 0.15) is 16.9 Å². The first-order valence-electron chi connectivity index (χ1n) is 5.14. The molecular weight excluding hydrogens is 258 g/mol. The van der Waals surface area contributed by atoms with Gasteiger partial charge < -0.3 is 15.8 Å². The second kappa shape index (κ2) is 6.84. The first-order valence-corrected chi connectivity index (χ1v) is 6.53. The topological polar surface area (TPSA) is 123 Å². The molecule has 9 heteroatoms. The summed E-state index contributed by atoms with van der Waals surface area (Å²) in [6.07, 6.45) is 2.38. The Morgan fingerprint density at radius 3 is 2.78 bits per heavy atom. The zero-order valence-electron chi connectivity index (χ0n) is 10.1. The summed E-state index contributed by atoms with van der Waals surface area (Å²) in [6, 6.07) is -0.717. The molecule has 0 aliphatic rings. The number of carbonyl (C=O) groups excluding carboxylic acids is 2. The van der Waals surface area contributed by atoms with E-state index in [9.17, 15) is 9.59 Å². The highest BCUT2D eigenvalue weighted by Crippen LogP contribution is 2.06. The van der Waals surface area contributed by atoms with Gasteiger partial charge in [0.2, 0.25) is 0 Å². The maximum atomic E-state index is 11.8. The number of nitrogens with zero attached hydrogens (tertiary/aromatic N) is 2. The number of anilines is 1. The predicted molar refractivity (Wildman–Crippen MR) is 67.1 cm³/mol. The third-order valence-corrected chi connectivity index (χ3v) is 2.84. The lowest BCUT2D eigenvalue weighted by atomic mass is 10.2. The van der Waals surface area contributed by atoms with Crippen LogP contribution in [0.5, 0.6) is 0 Å². The summed E-state index contributed by atoms with van der Waals surface area (Å²) < 4.78 is 4.62. The molecule has 0 aliphatic heterocycles. The van der Waals surface area contributed by atoms with Gasteiger partial charge in [-0.3, -0.25) is 4.79 Å². The van der Waals surface area contributed by atoms with Gasteiger partial charge in [-0.2, -0.15) is 17.0 Å². The van der Waals surface area contributed by atoms with Gasteiger partial charge in [-0.15, -0.1) is 10.2 Å². The van der Waals surface area contributed by atoms with E-state index in [4.69, 9.17) is 5.73 Å². The molecule has 0 radical (unpaired) electrons. The number of aromatic amines is 1. The molecule has 1 atom stereocenters. The lowest BCUT2D eigenvalue weighted by molar-refractivity contribution is -0.142. The van der Waals surface area contributed by atoms with Crippen molar-refractivity contribution >= 4 is 29.5 Å². The number of ether oxygens (including phenoxy) is 1. The minimum atomic E-state index is -0.717. The molecular formula is C9H15N5O3S. The van der Waals surface area contributed by atoms with Crippen molar-refractivity contribution < 1.29 is 14.3 Å². The van der Waals surface area contributed by atoms with Gasteiger partial charge in [-0.25, -0.2) is 4.79 Å². The Morgan fingerprint density at radius 2 is 2.28 bits per heavy atom. The van der Waals surface area contributed by atoms with Crippen LogP contribution in [-0.2, 0) is 9.53 Å². The van der Waals surface area contributed by atoms with E-state index in [1.54, 1.807) is 11.8 Å². The molecule has 0 spiro atoms. The van der Waals surface area contributed by atoms with Crippen molar-refractivity contribution in [2.24, 2.45) is 0 Å². The number of H-pyrrole nitrogens is 1. The normalized spacial score (nSPS) is 11.9. The molecule has 100 valence electrons. The van der Waals surface area contributed by atoms with Gasteiger partial charge >= 0.3 is 5.97 Å². The summed E-state index contributed by atoms with van der Waals surface area (Å²) in [7, 11) is 1.27. The molecule has 0 bridgehead atoms. The van der Waals surface area contributed by atoms with E-state index in [1.165, 1.54) is 7.11 Å². The van der Waals surface area contributed by atoms with Crippen molar-refractivity contribution in [2.45, 2.75) is 12.5 Å². The zero-order chi connectivity index (χ0) is 13.5. The molecule has 0 aliphatic carbocycles. The molecule has 1 amide bonds. The van der Waals surface area contributed by atoms with E-state index in [0.717, 1.165) is 0 Å². The molecule has 1 heterocycles. The molecule has 1 aromatic heterocycles. The molecule has 1 aromatic rings. The van der Waals surface area contributed by atoms with Gasteiger partial charge in [0.05, 0.1) is 7.11 Å². The van der Waals surface area contributed by atoms with Crippen LogP contribution in [0.4, 0.5) is 5.82 Å². The van der Waals surface area contributed by atoms with Crippen LogP contribution < -0.4 is 11.1 Å². The molecule has 4 N–H and O–H groups in total. The van der Waals surface area contributed by atoms with E-state index >= 15 is 0 Å². The van der Waals surface area contributed by atoms with Crippen molar-refractivity contribution in [3.05, 3.63) is 5.69 Å². The molecule has 1 unspecified atom stereocenters. The molecule has 0 saturated carbocycles. The number of amides is 1. The maximum absolute atomic E-state index is 11.8. The third-order valence-electron chi connectivity index (χ3n) is 2.19. The van der Waals surface area contributed by atoms with Crippen LogP contribution in [0.3, 0.4) is 0 Å². The van der Waals surface area contributed by atoms with Crippen LogP contribution in [0.2, 0.25) is 0 Å². The molecule has 1 rings (SSSR count). The van der Waals surface area contributed by atoms with Crippen molar-refractivity contribution in [3.63, 3.8) is 0 Å². The van der Waals surface area contributed by atoms with Crippen LogP contribution in [-0.4, -0.2) is 52.4 Å². The van der Waals surface area contributed by atoms with Crippen LogP contribution >= 0.6 is 11.8 Å². The van der Waals surface area contributed by atoms with Crippen LogP contribution in [0.15, 0.2) is 0 Å². The summed E-state index contributed by atoms with van der Waals surface area (Å²) in [5, 5.41) is 11.9. The van der Waals surface area contributed by atoms with Gasteiger partial charge in [0.15, 0.2) is 11.5 Å². The molecule has 0 fully saturated rings. The first kappa shape index (κ1) is 14.3. The minimum Gasteiger partial charge on any atom is -0.467 e. The Labute approximate surface area is 108 Å². The highest BCUT2D eigenvalue weighted by molar-refractivity contribution is 7.98. The molecule has 8 nitrogen and oxygen atoms in total. The highest BCUT2D eigenvalue weighted by Gasteiger charge is 2.24. The lowest BCUT2D eigenvalue weighted by Gasteiger charge is -2.15. The zero-order valence-corrected chi connectivity index (χ0v) is 10.9. The highest BCUT2D eigenvalue weighted by atomic mass is 32.2. The number of hydrogen-bond acceptors (Lipinski definition) is 7. The van der Waals surface area contributed by atoms with Crippen molar-refractivity contribution in [3.8, 4) is 0 Å². The van der Waals surface area contributed by atoms with Crippen molar-refractivity contribution in [2.75, 3.05) is 24.9 Å². The summed E-state index contributed by atoms with van der Waals surface area (Å²) in [5.74, 6) is -0.354. The number of carbonyl (C=O) groups is 2. The summed E-state index contributed by atoms with van der Waals surface area (Å²) in [5.41, 5.74) is 5.41. The Bertz CT molecular complexity index is 422. The Morgan fingerprint density at radius 1 is 1.56 bits per heavy atom. The van der Waals surface area contributed by atoms with Gasteiger partial charge in [0.1, 0.15) is 6.04 Å². The number of methoxy groups -OCH3 is 1. The number of thioether (sulfide) groups is 1. The van der Waals surface area contributed by atoms with Gasteiger partial charge in [-0.05, 0) is 18.4 Å². The number of esters is 1. The minimum absolute atomic E-state index is 0.0130. The molecule has 0 aromatic carbocycles. The standard InChI is InChI=1S/C9H15N5O3S/c1-17-9(16)5(3-4-18-2)11-8(15)6-7(10)13-14-12-6/h5H,3-4H2,1-2H3,(H,11,15)(H3,10,12,13,14). The number of aromatic nitrogens is 3. The van der Waals surface area contributed by atoms with Gasteiger partial charge in [0, 0.05) is 0 Å². The molecule has 0 saturated heterocycles.